The number of nitrogens with two attached hydrogens (primary N) is 1. The number of rotatable bonds is 38. The van der Waals surface area contributed by atoms with Crippen molar-refractivity contribution in [3.8, 4) is 0 Å². The van der Waals surface area contributed by atoms with Gasteiger partial charge in [0.15, 0.2) is 6.10 Å². The first-order valence-electron chi connectivity index (χ1n) is 20.3. The average Bonchev–Trinajstić information content (AvgIpc) is 3.11. The lowest BCUT2D eigenvalue weighted by Gasteiger charge is -2.19. The highest BCUT2D eigenvalue weighted by atomic mass is 31.2. The van der Waals surface area contributed by atoms with Gasteiger partial charge in [0.25, 0.3) is 0 Å². The van der Waals surface area contributed by atoms with E-state index in [1.54, 1.807) is 6.26 Å². The topological polar surface area (TPSA) is 138 Å². The zero-order valence-corrected chi connectivity index (χ0v) is 33.3. The molecule has 3 unspecified atom stereocenters. The van der Waals surface area contributed by atoms with Crippen LogP contribution in [0.2, 0.25) is 0 Å². The van der Waals surface area contributed by atoms with Crippen LogP contribution in [0, 0.1) is 0 Å². The van der Waals surface area contributed by atoms with Crippen molar-refractivity contribution in [1.82, 2.24) is 0 Å². The molecule has 0 heterocycles. The van der Waals surface area contributed by atoms with Gasteiger partial charge in [0.2, 0.25) is 0 Å². The summed E-state index contributed by atoms with van der Waals surface area (Å²) in [5.74, 6) is -0.399. The molecule has 10 heteroatoms. The van der Waals surface area contributed by atoms with Crippen LogP contribution < -0.4 is 5.73 Å². The summed E-state index contributed by atoms with van der Waals surface area (Å²) >= 11 is 0. The van der Waals surface area contributed by atoms with Crippen LogP contribution in [0.5, 0.6) is 0 Å². The van der Waals surface area contributed by atoms with Crippen molar-refractivity contribution < 1.29 is 37.9 Å². The predicted molar refractivity (Wildman–Crippen MR) is 211 cm³/mol. The fourth-order valence-electron chi connectivity index (χ4n) is 5.38. The lowest BCUT2D eigenvalue weighted by atomic mass is 10.1. The van der Waals surface area contributed by atoms with Gasteiger partial charge in [-0.2, -0.15) is 0 Å². The molecule has 0 radical (unpaired) electrons. The first-order chi connectivity index (χ1) is 24.8. The maximum atomic E-state index is 12.5. The summed E-state index contributed by atoms with van der Waals surface area (Å²) in [6.07, 6.45) is 41.2. The van der Waals surface area contributed by atoms with Gasteiger partial charge in [0, 0.05) is 13.0 Å². The number of allylic oxidation sites excluding steroid dienone is 6. The maximum Gasteiger partial charge on any atom is 0.472 e. The third kappa shape index (κ3) is 37.8. The second kappa shape index (κ2) is 38.0. The number of phosphoric ester groups is 1. The number of ether oxygens (including phenoxy) is 2. The lowest BCUT2D eigenvalue weighted by Crippen LogP contribution is -2.27. The Hall–Kier alpha value is -1.74. The highest BCUT2D eigenvalue weighted by Gasteiger charge is 2.25. The highest BCUT2D eigenvalue weighted by molar-refractivity contribution is 7.47. The van der Waals surface area contributed by atoms with E-state index in [1.165, 1.54) is 70.6 Å². The molecule has 4 N–H and O–H groups in total. The molecule has 0 rings (SSSR count). The van der Waals surface area contributed by atoms with Crippen LogP contribution in [-0.2, 0) is 27.9 Å². The number of hydrogen-bond acceptors (Lipinski definition) is 8. The molecule has 3 atom stereocenters. The molecule has 51 heavy (non-hydrogen) atoms. The van der Waals surface area contributed by atoms with Crippen molar-refractivity contribution >= 4 is 13.8 Å². The van der Waals surface area contributed by atoms with Crippen LogP contribution in [0.25, 0.3) is 0 Å². The molecule has 0 saturated heterocycles. The van der Waals surface area contributed by atoms with Crippen LogP contribution in [0.3, 0.4) is 0 Å². The third-order valence-electron chi connectivity index (χ3n) is 8.42. The van der Waals surface area contributed by atoms with E-state index in [2.05, 4.69) is 32.1 Å². The molecule has 9 nitrogen and oxygen atoms in total. The Morgan fingerprint density at radius 3 is 1.94 bits per heavy atom. The molecule has 0 aromatic rings. The number of carbonyl (C=O) groups is 1. The van der Waals surface area contributed by atoms with Crippen LogP contribution in [0.1, 0.15) is 168 Å². The van der Waals surface area contributed by atoms with Crippen molar-refractivity contribution in [2.45, 2.75) is 180 Å². The van der Waals surface area contributed by atoms with E-state index in [-0.39, 0.29) is 38.9 Å². The van der Waals surface area contributed by atoms with Gasteiger partial charge in [-0.05, 0) is 51.0 Å². The van der Waals surface area contributed by atoms with Gasteiger partial charge in [0.1, 0.15) is 6.61 Å². The molecule has 0 aliphatic rings. The highest BCUT2D eigenvalue weighted by Crippen LogP contribution is 2.43. The van der Waals surface area contributed by atoms with Gasteiger partial charge in [-0.1, -0.05) is 153 Å². The monoisotopic (exact) mass is 742 g/mol. The maximum absolute atomic E-state index is 12.5. The summed E-state index contributed by atoms with van der Waals surface area (Å²) in [6.45, 7) is 4.02. The molecule has 0 spiro atoms. The van der Waals surface area contributed by atoms with Gasteiger partial charge >= 0.3 is 13.8 Å². The summed E-state index contributed by atoms with van der Waals surface area (Å²) in [6, 6.07) is 0. The molecule has 298 valence electrons. The van der Waals surface area contributed by atoms with E-state index in [1.807, 2.05) is 24.3 Å². The second-order valence-electron chi connectivity index (χ2n) is 13.4. The quantitative estimate of drug-likeness (QED) is 0.0141. The van der Waals surface area contributed by atoms with Gasteiger partial charge in [-0.25, -0.2) is 4.57 Å². The smallest absolute Gasteiger partial charge is 0.472 e. The van der Waals surface area contributed by atoms with E-state index >= 15 is 0 Å². The summed E-state index contributed by atoms with van der Waals surface area (Å²) in [7, 11) is -4.31. The summed E-state index contributed by atoms with van der Waals surface area (Å²) in [4.78, 5) is 22.4. The number of phosphoric acid groups is 1. The van der Waals surface area contributed by atoms with Crippen molar-refractivity contribution in [2.24, 2.45) is 5.73 Å². The van der Waals surface area contributed by atoms with Crippen LogP contribution in [0.4, 0.5) is 0 Å². The Morgan fingerprint density at radius 1 is 0.706 bits per heavy atom. The molecule has 0 saturated carbocycles. The van der Waals surface area contributed by atoms with E-state index in [9.17, 15) is 19.4 Å². The number of hydrogen-bond donors (Lipinski definition) is 3. The van der Waals surface area contributed by atoms with E-state index < -0.39 is 19.9 Å². The predicted octanol–water partition coefficient (Wildman–Crippen LogP) is 11.0. The number of unbranched alkanes of at least 4 members (excludes halogenated alkanes) is 18. The third-order valence-corrected chi connectivity index (χ3v) is 9.40. The summed E-state index contributed by atoms with van der Waals surface area (Å²) in [5.41, 5.74) is 5.34. The largest absolute Gasteiger partial charge is 0.498 e. The molecule has 0 fully saturated rings. The molecule has 0 bridgehead atoms. The fraction of sp³-hybridized carbons (Fsp3) is 0.780. The standard InChI is InChI=1S/C41H76NO8P/c1-3-5-7-8-9-10-11-12-13-14-15-16-20-23-26-30-35-47-37-40(38-49-51(45,46)48-36-34-42)50-41(44)33-29-25-22-19-17-18-21-24-28-32-39(43)31-27-6-4-2/h20-21,23-24,28,30,32,35,39-40,43H,3-19,22,25-27,29,31,33-34,36-38,42H2,1-2H3,(H,45,46)/b23-20-,24-21-,32-28+,35-30-. The Morgan fingerprint density at radius 2 is 1.29 bits per heavy atom. The molecule has 0 aliphatic carbocycles. The summed E-state index contributed by atoms with van der Waals surface area (Å²) in [5, 5.41) is 9.91. The normalized spacial score (nSPS) is 14.6. The van der Waals surface area contributed by atoms with E-state index in [4.69, 9.17) is 24.3 Å². The van der Waals surface area contributed by atoms with E-state index in [0.717, 1.165) is 70.6 Å². The Balaban J connectivity index is 4.24. The minimum atomic E-state index is -4.31. The lowest BCUT2D eigenvalue weighted by molar-refractivity contribution is -0.153. The van der Waals surface area contributed by atoms with Gasteiger partial charge in [0.05, 0.1) is 25.6 Å². The SMILES string of the molecule is CCCCCCCCCCCCC/C=C\C/C=C\OCC(COP(=O)(O)OCCN)OC(=O)CCCCCCC/C=C\C=C\C(O)CCCCC. The Labute approximate surface area is 312 Å². The Bertz CT molecular complexity index is 939. The summed E-state index contributed by atoms with van der Waals surface area (Å²) < 4.78 is 33.0. The Kier molecular flexibility index (Phi) is 36.7. The zero-order chi connectivity index (χ0) is 37.5. The van der Waals surface area contributed by atoms with Crippen LogP contribution >= 0.6 is 7.82 Å². The van der Waals surface area contributed by atoms with Gasteiger partial charge < -0.3 is 25.2 Å². The average molecular weight is 742 g/mol. The minimum Gasteiger partial charge on any atom is -0.498 e. The molecule has 0 aliphatic heterocycles. The number of esters is 1. The van der Waals surface area contributed by atoms with Gasteiger partial charge in [-0.3, -0.25) is 13.8 Å². The number of aliphatic hydroxyl groups excluding tert-OH is 1. The second-order valence-corrected chi connectivity index (χ2v) is 14.9. The van der Waals surface area contributed by atoms with Crippen LogP contribution in [0.15, 0.2) is 48.8 Å². The molecular formula is C41H76NO8P. The first-order valence-corrected chi connectivity index (χ1v) is 21.8. The fourth-order valence-corrected chi connectivity index (χ4v) is 6.14. The molecule has 0 aromatic heterocycles. The molecule has 0 aromatic carbocycles. The van der Waals surface area contributed by atoms with Crippen LogP contribution in [-0.4, -0.2) is 54.5 Å². The minimum absolute atomic E-state index is 0.0118. The molecule has 0 amide bonds. The van der Waals surface area contributed by atoms with E-state index in [0.29, 0.717) is 6.42 Å². The zero-order valence-electron chi connectivity index (χ0n) is 32.4. The van der Waals surface area contributed by atoms with Crippen molar-refractivity contribution in [1.29, 1.82) is 0 Å². The first kappa shape index (κ1) is 49.3. The van der Waals surface area contributed by atoms with Crippen molar-refractivity contribution in [3.63, 3.8) is 0 Å². The number of aliphatic hydroxyl groups is 1. The molecular weight excluding hydrogens is 665 g/mol. The van der Waals surface area contributed by atoms with Gasteiger partial charge in [-0.15, -0.1) is 0 Å². The number of carbonyl (C=O) groups excluding carboxylic acids is 1. The van der Waals surface area contributed by atoms with Crippen molar-refractivity contribution in [2.75, 3.05) is 26.4 Å². The van der Waals surface area contributed by atoms with Crippen molar-refractivity contribution in [3.05, 3.63) is 48.8 Å².